The monoisotopic (exact) mass is 433 g/mol. The fraction of sp³-hybridized carbons (Fsp3) is 0.294. The third-order valence-electron chi connectivity index (χ3n) is 3.25. The second-order valence-electron chi connectivity index (χ2n) is 5.15. The van der Waals surface area contributed by atoms with Crippen LogP contribution < -0.4 is 73.6 Å². The van der Waals surface area contributed by atoms with E-state index in [-0.39, 0.29) is 74.3 Å². The van der Waals surface area contributed by atoms with Gasteiger partial charge in [-0.05, 0) is 42.3 Å². The normalized spacial score (nSPS) is 20.4. The number of rotatable bonds is 5. The van der Waals surface area contributed by atoms with Crippen molar-refractivity contribution in [2.75, 3.05) is 0 Å². The molecule has 2 atom stereocenters. The maximum absolute atomic E-state index is 5.83. The van der Waals surface area contributed by atoms with Crippen LogP contribution in [-0.4, -0.2) is 10.4 Å². The van der Waals surface area contributed by atoms with Crippen LogP contribution >= 0.6 is 11.8 Å². The predicted octanol–water partition coefficient (Wildman–Crippen LogP) is 1.30. The number of nitrogens with zero attached hydrogens (tertiary/aromatic N) is 1. The van der Waals surface area contributed by atoms with Gasteiger partial charge in [-0.3, -0.25) is 4.98 Å². The van der Waals surface area contributed by atoms with Crippen molar-refractivity contribution in [2.45, 2.75) is 30.3 Å². The molecule has 3 nitrogen and oxygen atoms in total. The van der Waals surface area contributed by atoms with Gasteiger partial charge in [-0.15, -0.1) is 5.92 Å². The fourth-order valence-electron chi connectivity index (χ4n) is 2.15. The van der Waals surface area contributed by atoms with Crippen LogP contribution in [0.25, 0.3) is 0 Å². The van der Waals surface area contributed by atoms with E-state index in [2.05, 4.69) is 24.0 Å². The Balaban J connectivity index is 0.00000176. The summed E-state index contributed by atoms with van der Waals surface area (Å²) in [4.78, 5) is 5.18. The van der Waals surface area contributed by atoms with Gasteiger partial charge >= 0.3 is 68.9 Å². The molecule has 0 aliphatic carbocycles. The van der Waals surface area contributed by atoms with Crippen LogP contribution in [0, 0.1) is 12.5 Å². The third kappa shape index (κ3) is 5.87. The molecule has 1 aliphatic rings. The molecule has 5 heteroatoms. The van der Waals surface area contributed by atoms with E-state index in [0.29, 0.717) is 12.5 Å². The maximum Gasteiger partial charge on any atom is 1.00 e. The Morgan fingerprint density at radius 1 is 1.32 bits per heavy atom. The summed E-state index contributed by atoms with van der Waals surface area (Å²) >= 11 is 1.75. The minimum absolute atomic E-state index is 0. The van der Waals surface area contributed by atoms with Crippen molar-refractivity contribution < 1.29 is 78.4 Å². The zero-order valence-electron chi connectivity index (χ0n) is 12.9. The van der Waals surface area contributed by atoms with E-state index in [1.807, 2.05) is 30.9 Å². The summed E-state index contributed by atoms with van der Waals surface area (Å²) in [6.45, 7) is 4.66. The number of hydrogen-bond acceptors (Lipinski definition) is 4. The molecule has 0 radical (unpaired) electrons. The molecule has 110 valence electrons. The number of ether oxygens (including phenoxy) is 2. The van der Waals surface area contributed by atoms with E-state index in [0.717, 1.165) is 17.7 Å². The van der Waals surface area contributed by atoms with E-state index < -0.39 is 0 Å². The van der Waals surface area contributed by atoms with Gasteiger partial charge in [0.15, 0.2) is 0 Å². The molecule has 2 aromatic rings. The van der Waals surface area contributed by atoms with Crippen molar-refractivity contribution in [1.29, 1.82) is 0 Å². The minimum atomic E-state index is 0. The smallest absolute Gasteiger partial charge is 0.542 e. The molecule has 0 N–H and O–H groups in total. The SMILES string of the molecule is C[C@H]1[CH-]OC(Sc2cccc(OCc3ccncc3)c2)C1.[Cs+]. The molecule has 1 aromatic carbocycles. The van der Waals surface area contributed by atoms with Crippen molar-refractivity contribution in [3.63, 3.8) is 0 Å². The summed E-state index contributed by atoms with van der Waals surface area (Å²) in [5.74, 6) is 1.42. The molecule has 1 aromatic heterocycles. The summed E-state index contributed by atoms with van der Waals surface area (Å²) < 4.78 is 11.5. The van der Waals surface area contributed by atoms with Gasteiger partial charge in [0.1, 0.15) is 12.4 Å². The number of benzene rings is 1. The van der Waals surface area contributed by atoms with E-state index in [9.17, 15) is 0 Å². The van der Waals surface area contributed by atoms with Gasteiger partial charge in [0, 0.05) is 17.3 Å². The first-order valence-corrected chi connectivity index (χ1v) is 7.95. The molecule has 0 bridgehead atoms. The van der Waals surface area contributed by atoms with Crippen molar-refractivity contribution >= 4 is 11.8 Å². The Labute approximate surface area is 195 Å². The Kier molecular flexibility index (Phi) is 8.35. The number of aromatic nitrogens is 1. The number of hydrogen-bond donors (Lipinski definition) is 0. The van der Waals surface area contributed by atoms with Gasteiger partial charge in [-0.25, -0.2) is 6.61 Å². The number of pyridine rings is 1. The molecular formula is C17H18CsNO2S. The minimum Gasteiger partial charge on any atom is -0.542 e. The van der Waals surface area contributed by atoms with Crippen molar-refractivity contribution in [2.24, 2.45) is 5.92 Å². The quantitative estimate of drug-likeness (QED) is 0.666. The van der Waals surface area contributed by atoms with E-state index in [1.54, 1.807) is 24.2 Å². The zero-order valence-corrected chi connectivity index (χ0v) is 20.0. The van der Waals surface area contributed by atoms with Gasteiger partial charge < -0.3 is 9.47 Å². The van der Waals surface area contributed by atoms with Gasteiger partial charge in [0.05, 0.1) is 5.44 Å². The molecule has 22 heavy (non-hydrogen) atoms. The molecule has 1 aliphatic heterocycles. The first kappa shape index (κ1) is 18.9. The van der Waals surface area contributed by atoms with Crippen LogP contribution in [0.2, 0.25) is 0 Å². The van der Waals surface area contributed by atoms with Gasteiger partial charge in [0.2, 0.25) is 0 Å². The molecule has 1 unspecified atom stereocenters. The van der Waals surface area contributed by atoms with Gasteiger partial charge in [0.25, 0.3) is 0 Å². The van der Waals surface area contributed by atoms with Crippen LogP contribution in [0.4, 0.5) is 0 Å². The van der Waals surface area contributed by atoms with Crippen LogP contribution in [0.5, 0.6) is 5.75 Å². The molecule has 3 rings (SSSR count). The zero-order chi connectivity index (χ0) is 14.5. The predicted molar refractivity (Wildman–Crippen MR) is 83.8 cm³/mol. The molecule has 0 amide bonds. The summed E-state index contributed by atoms with van der Waals surface area (Å²) in [6.07, 6.45) is 4.62. The topological polar surface area (TPSA) is 31.4 Å². The second-order valence-corrected chi connectivity index (χ2v) is 6.38. The summed E-state index contributed by atoms with van der Waals surface area (Å²) in [7, 11) is 0. The van der Waals surface area contributed by atoms with Crippen LogP contribution in [0.15, 0.2) is 53.7 Å². The summed E-state index contributed by atoms with van der Waals surface area (Å²) in [6, 6.07) is 12.1. The Morgan fingerprint density at radius 3 is 2.86 bits per heavy atom. The Hall–Kier alpha value is 0.532. The third-order valence-corrected chi connectivity index (χ3v) is 4.35. The van der Waals surface area contributed by atoms with Crippen molar-refractivity contribution in [3.8, 4) is 5.75 Å². The van der Waals surface area contributed by atoms with Gasteiger partial charge in [-0.1, -0.05) is 24.8 Å². The second kappa shape index (κ2) is 9.74. The standard InChI is InChI=1S/C17H18NO2S.Cs/c1-13-9-17(20-11-13)21-16-4-2-3-15(10-16)19-12-14-5-7-18-8-6-14;/h2-8,10-11,13,17H,9,12H2,1H3;/q-1;+1/t13-,17?;/m1./s1. The average Bonchev–Trinajstić information content (AvgIpc) is 2.92. The van der Waals surface area contributed by atoms with E-state index in [1.165, 1.54) is 4.90 Å². The van der Waals surface area contributed by atoms with Crippen LogP contribution in [0.1, 0.15) is 18.9 Å². The molecule has 1 fully saturated rings. The van der Waals surface area contributed by atoms with Gasteiger partial charge in [-0.2, -0.15) is 0 Å². The van der Waals surface area contributed by atoms with Crippen molar-refractivity contribution in [1.82, 2.24) is 4.98 Å². The average molecular weight is 433 g/mol. The van der Waals surface area contributed by atoms with Crippen LogP contribution in [-0.2, 0) is 11.3 Å². The fourth-order valence-corrected chi connectivity index (χ4v) is 3.31. The Morgan fingerprint density at radius 2 is 2.14 bits per heavy atom. The summed E-state index contributed by atoms with van der Waals surface area (Å²) in [5, 5.41) is 0. The Bertz CT molecular complexity index is 582. The van der Waals surface area contributed by atoms with Crippen LogP contribution in [0.3, 0.4) is 0 Å². The largest absolute Gasteiger partial charge is 1.00 e. The molecule has 1 saturated heterocycles. The molecule has 0 spiro atoms. The van der Waals surface area contributed by atoms with E-state index >= 15 is 0 Å². The van der Waals surface area contributed by atoms with E-state index in [4.69, 9.17) is 9.47 Å². The summed E-state index contributed by atoms with van der Waals surface area (Å²) in [5.41, 5.74) is 1.33. The maximum atomic E-state index is 5.83. The first-order valence-electron chi connectivity index (χ1n) is 7.07. The molecule has 2 heterocycles. The molecular weight excluding hydrogens is 415 g/mol. The number of thioether (sulfide) groups is 1. The molecule has 0 saturated carbocycles. The first-order chi connectivity index (χ1) is 10.3. The van der Waals surface area contributed by atoms with Crippen molar-refractivity contribution in [3.05, 3.63) is 61.0 Å².